The summed E-state index contributed by atoms with van der Waals surface area (Å²) in [6.07, 6.45) is 1.66. The zero-order valence-corrected chi connectivity index (χ0v) is 18.7. The molecule has 0 heterocycles. The number of aliphatic hydroxyl groups excluding tert-OH is 1. The summed E-state index contributed by atoms with van der Waals surface area (Å²) in [6.45, 7) is 9.24. The summed E-state index contributed by atoms with van der Waals surface area (Å²) in [5, 5.41) is 17.6. The lowest BCUT2D eigenvalue weighted by atomic mass is 9.62. The molecular weight excluding hydrogens is 407 g/mol. The van der Waals surface area contributed by atoms with Gasteiger partial charge in [0.2, 0.25) is 0 Å². The molecular formula is C26H31FN2O3. The van der Waals surface area contributed by atoms with Gasteiger partial charge >= 0.3 is 0 Å². The number of halogens is 1. The van der Waals surface area contributed by atoms with Crippen molar-refractivity contribution in [2.45, 2.75) is 44.8 Å². The Morgan fingerprint density at radius 3 is 2.53 bits per heavy atom. The molecule has 1 fully saturated rings. The van der Waals surface area contributed by atoms with E-state index in [1.54, 1.807) is 19.1 Å². The molecule has 1 atom stereocenters. The Morgan fingerprint density at radius 2 is 1.84 bits per heavy atom. The fourth-order valence-corrected chi connectivity index (χ4v) is 4.26. The largest absolute Gasteiger partial charge is 0.492 e. The second kappa shape index (κ2) is 9.35. The van der Waals surface area contributed by atoms with Crippen molar-refractivity contribution in [3.05, 3.63) is 83.0 Å². The highest BCUT2D eigenvalue weighted by Crippen LogP contribution is 2.47. The van der Waals surface area contributed by atoms with Crippen LogP contribution in [0, 0.1) is 19.7 Å². The van der Waals surface area contributed by atoms with Crippen molar-refractivity contribution >= 4 is 0 Å². The van der Waals surface area contributed by atoms with Crippen molar-refractivity contribution in [1.82, 2.24) is 10.6 Å². The Labute approximate surface area is 188 Å². The summed E-state index contributed by atoms with van der Waals surface area (Å²) in [4.78, 5) is 0. The summed E-state index contributed by atoms with van der Waals surface area (Å²) in [7, 11) is 0. The first-order valence-corrected chi connectivity index (χ1v) is 11.0. The third-order valence-corrected chi connectivity index (χ3v) is 6.27. The van der Waals surface area contributed by atoms with Crippen molar-refractivity contribution in [3.63, 3.8) is 0 Å². The van der Waals surface area contributed by atoms with Crippen molar-refractivity contribution in [2.24, 2.45) is 0 Å². The maximum Gasteiger partial charge on any atom is 0.129 e. The van der Waals surface area contributed by atoms with Gasteiger partial charge in [-0.1, -0.05) is 30.3 Å². The van der Waals surface area contributed by atoms with Crippen LogP contribution in [0.2, 0.25) is 0 Å². The van der Waals surface area contributed by atoms with Gasteiger partial charge in [-0.25, -0.2) is 4.39 Å². The number of rotatable bonds is 10. The summed E-state index contributed by atoms with van der Waals surface area (Å²) >= 11 is 0. The summed E-state index contributed by atoms with van der Waals surface area (Å²) in [5.74, 6) is 1.04. The third-order valence-electron chi connectivity index (χ3n) is 6.27. The van der Waals surface area contributed by atoms with E-state index < -0.39 is 6.10 Å². The molecule has 3 aliphatic rings. The first-order valence-electron chi connectivity index (χ1n) is 11.0. The van der Waals surface area contributed by atoms with Crippen LogP contribution in [-0.4, -0.2) is 36.5 Å². The van der Waals surface area contributed by atoms with Gasteiger partial charge in [0.05, 0.1) is 11.6 Å². The number of aryl methyl sites for hydroxylation is 2. The first-order chi connectivity index (χ1) is 15.3. The molecule has 0 radical (unpaired) electrons. The van der Waals surface area contributed by atoms with Gasteiger partial charge in [0.25, 0.3) is 0 Å². The topological polar surface area (TPSA) is 62.8 Å². The Bertz CT molecular complexity index is 1010. The van der Waals surface area contributed by atoms with E-state index in [1.807, 2.05) is 31.2 Å². The molecule has 2 aromatic rings. The lowest BCUT2D eigenvalue weighted by Crippen LogP contribution is -2.64. The van der Waals surface area contributed by atoms with Crippen LogP contribution < -0.4 is 20.1 Å². The Balaban J connectivity index is 1.22. The maximum atomic E-state index is 13.7. The normalized spacial score (nSPS) is 21.7. The number of nitrogens with one attached hydrogen (secondary N) is 2. The van der Waals surface area contributed by atoms with Gasteiger partial charge in [0.15, 0.2) is 0 Å². The van der Waals surface area contributed by atoms with E-state index in [0.29, 0.717) is 36.6 Å². The first kappa shape index (κ1) is 22.4. The van der Waals surface area contributed by atoms with Crippen LogP contribution in [0.5, 0.6) is 11.5 Å². The molecule has 2 bridgehead atoms. The van der Waals surface area contributed by atoms with Crippen LogP contribution in [0.3, 0.4) is 0 Å². The molecule has 1 saturated carbocycles. The molecule has 3 N–H and O–H groups in total. The number of ether oxygens (including phenoxy) is 2. The number of hydrogen-bond acceptors (Lipinski definition) is 5. The van der Waals surface area contributed by atoms with E-state index in [-0.39, 0.29) is 18.0 Å². The minimum Gasteiger partial charge on any atom is -0.492 e. The Kier molecular flexibility index (Phi) is 6.53. The summed E-state index contributed by atoms with van der Waals surface area (Å²) < 4.78 is 25.1. The molecule has 0 amide bonds. The predicted octanol–water partition coefficient (Wildman–Crippen LogP) is 4.14. The van der Waals surface area contributed by atoms with Gasteiger partial charge in [-0.15, -0.1) is 0 Å². The molecule has 3 aliphatic carbocycles. The van der Waals surface area contributed by atoms with E-state index in [9.17, 15) is 9.50 Å². The quantitative estimate of drug-likeness (QED) is 0.487. The minimum absolute atomic E-state index is 0.231. The average molecular weight is 439 g/mol. The lowest BCUT2D eigenvalue weighted by Gasteiger charge is -2.53. The smallest absolute Gasteiger partial charge is 0.129 e. The molecule has 170 valence electrons. The molecule has 1 unspecified atom stereocenters. The molecule has 2 aromatic carbocycles. The zero-order valence-electron chi connectivity index (χ0n) is 18.7. The molecule has 0 aromatic heterocycles. The van der Waals surface area contributed by atoms with Crippen molar-refractivity contribution in [3.8, 4) is 11.5 Å². The van der Waals surface area contributed by atoms with E-state index in [1.165, 1.54) is 17.2 Å². The molecule has 0 aliphatic heterocycles. The molecule has 32 heavy (non-hydrogen) atoms. The van der Waals surface area contributed by atoms with Crippen molar-refractivity contribution < 1.29 is 19.0 Å². The average Bonchev–Trinajstić information content (AvgIpc) is 2.73. The van der Waals surface area contributed by atoms with E-state index in [0.717, 1.165) is 24.3 Å². The van der Waals surface area contributed by atoms with Gasteiger partial charge in [-0.05, 0) is 56.0 Å². The van der Waals surface area contributed by atoms with Crippen LogP contribution >= 0.6 is 0 Å². The van der Waals surface area contributed by atoms with Gasteiger partial charge in [-0.2, -0.15) is 0 Å². The fraction of sp³-hybridized carbons (Fsp3) is 0.385. The SMILES string of the molecule is C=C(COc1ccc(C)c(F)c1)NC1=C2CC(NCCOc3ccc(C)cc3)(C2)C(O)C1. The molecule has 0 spiro atoms. The Hall–Kier alpha value is -2.83. The molecule has 5 rings (SSSR count). The third kappa shape index (κ3) is 4.97. The van der Waals surface area contributed by atoms with E-state index >= 15 is 0 Å². The number of hydrogen-bond donors (Lipinski definition) is 3. The molecule has 0 saturated heterocycles. The van der Waals surface area contributed by atoms with Gasteiger partial charge in [0, 0.05) is 30.4 Å². The Morgan fingerprint density at radius 1 is 1.12 bits per heavy atom. The number of fused-ring (bicyclic) bond motifs is 2. The standard InChI is InChI=1S/C26H31FN2O3/c1-17-4-7-21(8-5-17)31-11-10-28-26-14-20(15-26)24(13-25(26)30)29-19(3)16-32-22-9-6-18(2)23(27)12-22/h4-9,12,25,28-30H,3,10-11,13-16H2,1-2H3. The molecule has 5 nitrogen and oxygen atoms in total. The number of benzene rings is 2. The second-order valence-corrected chi connectivity index (χ2v) is 8.83. The van der Waals surface area contributed by atoms with Crippen LogP contribution in [0.25, 0.3) is 0 Å². The van der Waals surface area contributed by atoms with Crippen molar-refractivity contribution in [1.29, 1.82) is 0 Å². The van der Waals surface area contributed by atoms with E-state index in [4.69, 9.17) is 9.47 Å². The van der Waals surface area contributed by atoms with Crippen molar-refractivity contribution in [2.75, 3.05) is 19.8 Å². The lowest BCUT2D eigenvalue weighted by molar-refractivity contribution is 0.0153. The van der Waals surface area contributed by atoms with Crippen LogP contribution in [-0.2, 0) is 0 Å². The minimum atomic E-state index is -0.484. The fourth-order valence-electron chi connectivity index (χ4n) is 4.26. The number of aliphatic hydroxyl groups is 1. The maximum absolute atomic E-state index is 13.7. The van der Waals surface area contributed by atoms with Gasteiger partial charge in [0.1, 0.15) is 30.5 Å². The highest BCUT2D eigenvalue weighted by Gasteiger charge is 2.51. The van der Waals surface area contributed by atoms with Crippen LogP contribution in [0.4, 0.5) is 4.39 Å². The predicted molar refractivity (Wildman–Crippen MR) is 123 cm³/mol. The van der Waals surface area contributed by atoms with Crippen LogP contribution in [0.1, 0.15) is 30.4 Å². The second-order valence-electron chi connectivity index (χ2n) is 8.83. The monoisotopic (exact) mass is 438 g/mol. The van der Waals surface area contributed by atoms with E-state index in [2.05, 4.69) is 17.2 Å². The highest BCUT2D eigenvalue weighted by atomic mass is 19.1. The summed E-state index contributed by atoms with van der Waals surface area (Å²) in [6, 6.07) is 12.8. The van der Waals surface area contributed by atoms with Gasteiger partial charge in [-0.3, -0.25) is 0 Å². The molecule has 6 heteroatoms. The van der Waals surface area contributed by atoms with Crippen LogP contribution in [0.15, 0.2) is 66.0 Å². The highest BCUT2D eigenvalue weighted by molar-refractivity contribution is 5.37. The zero-order chi connectivity index (χ0) is 22.7. The summed E-state index contributed by atoms with van der Waals surface area (Å²) in [5.41, 5.74) is 4.51. The van der Waals surface area contributed by atoms with Gasteiger partial charge < -0.3 is 25.2 Å².